The Morgan fingerprint density at radius 2 is 1.50 bits per heavy atom. The van der Waals surface area contributed by atoms with Crippen molar-refractivity contribution in [2.24, 2.45) is 0 Å². The van der Waals surface area contributed by atoms with E-state index in [-0.39, 0.29) is 0 Å². The molecule has 5 heteroatoms. The van der Waals surface area contributed by atoms with Gasteiger partial charge < -0.3 is 0 Å². The highest BCUT2D eigenvalue weighted by Gasteiger charge is 2.45. The van der Waals surface area contributed by atoms with Gasteiger partial charge in [0.2, 0.25) is 0 Å². The molecule has 0 N–H and O–H groups in total. The summed E-state index contributed by atoms with van der Waals surface area (Å²) in [6.45, 7) is 14.7. The lowest BCUT2D eigenvalue weighted by Gasteiger charge is -2.42. The van der Waals surface area contributed by atoms with Crippen LogP contribution in [0.5, 0.6) is 0 Å². The Labute approximate surface area is 153 Å². The van der Waals surface area contributed by atoms with Crippen LogP contribution in [-0.2, 0) is 0 Å². The number of thiophene rings is 2. The van der Waals surface area contributed by atoms with Crippen molar-refractivity contribution in [2.45, 2.75) is 58.2 Å². The van der Waals surface area contributed by atoms with Gasteiger partial charge in [0.1, 0.15) is 8.07 Å². The Morgan fingerprint density at radius 1 is 1.00 bits per heavy atom. The number of rotatable bonds is 4. The van der Waals surface area contributed by atoms with Crippen molar-refractivity contribution >= 4 is 83.2 Å². The third kappa shape index (κ3) is 2.59. The van der Waals surface area contributed by atoms with E-state index in [1.165, 1.54) is 16.8 Å². The van der Waals surface area contributed by atoms with Gasteiger partial charge in [-0.2, -0.15) is 0 Å². The Morgan fingerprint density at radius 3 is 1.90 bits per heavy atom. The molecule has 2 heterocycles. The maximum atomic E-state index is 3.77. The quantitative estimate of drug-likeness (QED) is 0.307. The van der Waals surface area contributed by atoms with Crippen molar-refractivity contribution in [2.75, 3.05) is 0 Å². The lowest BCUT2D eigenvalue weighted by molar-refractivity contribution is 0.837. The van der Waals surface area contributed by atoms with Gasteiger partial charge in [0, 0.05) is 4.70 Å². The van der Waals surface area contributed by atoms with Crippen molar-refractivity contribution < 1.29 is 0 Å². The second-order valence-electron chi connectivity index (χ2n) is 6.39. The van der Waals surface area contributed by atoms with Gasteiger partial charge in [0.25, 0.3) is 0 Å². The summed E-state index contributed by atoms with van der Waals surface area (Å²) in [5.74, 6) is 0. The van der Waals surface area contributed by atoms with Gasteiger partial charge in [-0.25, -0.2) is 0 Å². The van der Waals surface area contributed by atoms with Crippen LogP contribution >= 0.6 is 61.2 Å². The van der Waals surface area contributed by atoms with Crippen LogP contribution in [0.25, 0.3) is 9.40 Å². The Kier molecular flexibility index (Phi) is 5.49. The summed E-state index contributed by atoms with van der Waals surface area (Å²) in [6.07, 6.45) is 0. The average molecular weight is 501 g/mol. The fourth-order valence-electron chi connectivity index (χ4n) is 3.90. The summed E-state index contributed by atoms with van der Waals surface area (Å²) in [5.41, 5.74) is 2.36. The van der Waals surface area contributed by atoms with E-state index < -0.39 is 8.07 Å². The summed E-state index contributed by atoms with van der Waals surface area (Å²) in [5, 5.41) is 0. The van der Waals surface area contributed by atoms with E-state index in [4.69, 9.17) is 0 Å². The third-order valence-corrected chi connectivity index (χ3v) is 17.9. The molecular weight excluding hydrogens is 479 g/mol. The van der Waals surface area contributed by atoms with Crippen molar-refractivity contribution in [3.05, 3.63) is 13.4 Å². The SMILES string of the molecule is CC(C)[Si](c1cc2sc(I)c(Br)c2s1)(C(C)C)C(C)C. The second-order valence-corrected chi connectivity index (χ2v) is 17.3. The van der Waals surface area contributed by atoms with E-state index in [1.807, 2.05) is 11.3 Å². The molecule has 112 valence electrons. The van der Waals surface area contributed by atoms with Gasteiger partial charge in [0.05, 0.1) is 12.1 Å². The predicted molar refractivity (Wildman–Crippen MR) is 111 cm³/mol. The molecule has 0 aliphatic rings. The zero-order valence-electron chi connectivity index (χ0n) is 12.9. The molecule has 20 heavy (non-hydrogen) atoms. The first-order chi connectivity index (χ1) is 9.22. The van der Waals surface area contributed by atoms with E-state index in [9.17, 15) is 0 Å². The summed E-state index contributed by atoms with van der Waals surface area (Å²) < 4.78 is 7.33. The average Bonchev–Trinajstić information content (AvgIpc) is 2.80. The minimum Gasteiger partial charge on any atom is -0.143 e. The van der Waals surface area contributed by atoms with E-state index in [0.29, 0.717) is 0 Å². The van der Waals surface area contributed by atoms with Crippen molar-refractivity contribution in [3.8, 4) is 0 Å². The van der Waals surface area contributed by atoms with Crippen LogP contribution in [0, 0.1) is 2.88 Å². The van der Waals surface area contributed by atoms with Gasteiger partial charge in [-0.15, -0.1) is 22.7 Å². The van der Waals surface area contributed by atoms with E-state index in [0.717, 1.165) is 16.6 Å². The van der Waals surface area contributed by atoms with Crippen molar-refractivity contribution in [1.82, 2.24) is 0 Å². The normalized spacial score (nSPS) is 13.3. The molecule has 0 aliphatic heterocycles. The molecule has 0 unspecified atom stereocenters. The molecule has 0 radical (unpaired) electrons. The van der Waals surface area contributed by atoms with Gasteiger partial charge in [-0.05, 0) is 65.7 Å². The van der Waals surface area contributed by atoms with Crippen LogP contribution in [0.3, 0.4) is 0 Å². The highest BCUT2D eigenvalue weighted by Crippen LogP contribution is 2.46. The molecule has 0 fully saturated rings. The fraction of sp³-hybridized carbons (Fsp3) is 0.600. The van der Waals surface area contributed by atoms with Crippen LogP contribution in [-0.4, -0.2) is 8.07 Å². The van der Waals surface area contributed by atoms with E-state index in [2.05, 4.69) is 97.5 Å². The lowest BCUT2D eigenvalue weighted by atomic mass is 10.5. The van der Waals surface area contributed by atoms with Crippen LogP contribution in [0.4, 0.5) is 0 Å². The summed E-state index contributed by atoms with van der Waals surface area (Å²) >= 11 is 10.2. The van der Waals surface area contributed by atoms with E-state index in [1.54, 1.807) is 4.50 Å². The molecule has 0 amide bonds. The maximum Gasteiger partial charge on any atom is 0.107 e. The first-order valence-electron chi connectivity index (χ1n) is 7.10. The molecule has 0 atom stereocenters. The summed E-state index contributed by atoms with van der Waals surface area (Å²) in [4.78, 5) is 0. The Bertz CT molecular complexity index is 591. The molecule has 0 saturated carbocycles. The van der Waals surface area contributed by atoms with Crippen LogP contribution in [0.15, 0.2) is 10.5 Å². The molecule has 0 spiro atoms. The molecule has 0 bridgehead atoms. The molecule has 2 aromatic rings. The minimum absolute atomic E-state index is 0.785. The number of hydrogen-bond acceptors (Lipinski definition) is 2. The maximum absolute atomic E-state index is 3.77. The number of fused-ring (bicyclic) bond motifs is 1. The lowest BCUT2D eigenvalue weighted by Crippen LogP contribution is -2.54. The largest absolute Gasteiger partial charge is 0.143 e. The molecular formula is C15H22BrIS2Si. The standard InChI is InChI=1S/C15H22BrIS2Si/c1-8(2)20(9(3)4,10(5)6)12-7-11-14(19-12)13(16)15(17)18-11/h7-10H,1-6H3. The molecule has 0 saturated heterocycles. The summed E-state index contributed by atoms with van der Waals surface area (Å²) in [6, 6.07) is 2.52. The number of hydrogen-bond donors (Lipinski definition) is 0. The smallest absolute Gasteiger partial charge is 0.107 e. The molecule has 0 aliphatic carbocycles. The van der Waals surface area contributed by atoms with Crippen LogP contribution in [0.2, 0.25) is 16.6 Å². The summed E-state index contributed by atoms with van der Waals surface area (Å²) in [7, 11) is -1.49. The molecule has 2 aromatic heterocycles. The second kappa shape index (κ2) is 6.30. The van der Waals surface area contributed by atoms with Gasteiger partial charge in [-0.1, -0.05) is 41.5 Å². The third-order valence-electron chi connectivity index (χ3n) is 4.56. The van der Waals surface area contributed by atoms with Gasteiger partial charge in [0.15, 0.2) is 0 Å². The topological polar surface area (TPSA) is 0 Å². The van der Waals surface area contributed by atoms with Gasteiger partial charge in [-0.3, -0.25) is 0 Å². The zero-order chi connectivity index (χ0) is 15.2. The Balaban J connectivity index is 2.68. The van der Waals surface area contributed by atoms with Crippen LogP contribution in [0.1, 0.15) is 41.5 Å². The molecule has 0 aromatic carbocycles. The molecule has 2 rings (SSSR count). The first kappa shape index (κ1) is 17.4. The van der Waals surface area contributed by atoms with Crippen molar-refractivity contribution in [1.29, 1.82) is 0 Å². The van der Waals surface area contributed by atoms with E-state index >= 15 is 0 Å². The number of halogens is 2. The zero-order valence-corrected chi connectivity index (χ0v) is 19.3. The highest BCUT2D eigenvalue weighted by molar-refractivity contribution is 14.1. The minimum atomic E-state index is -1.49. The monoisotopic (exact) mass is 500 g/mol. The van der Waals surface area contributed by atoms with Crippen molar-refractivity contribution in [3.63, 3.8) is 0 Å². The predicted octanol–water partition coefficient (Wildman–Crippen LogP) is 7.22. The Hall–Kier alpha value is 1.09. The van der Waals surface area contributed by atoms with Gasteiger partial charge >= 0.3 is 0 Å². The first-order valence-corrected chi connectivity index (χ1v) is 12.8. The fourth-order valence-corrected chi connectivity index (χ4v) is 17.1. The van der Waals surface area contributed by atoms with Crippen LogP contribution < -0.4 is 4.50 Å². The molecule has 0 nitrogen and oxygen atoms in total. The highest BCUT2D eigenvalue weighted by atomic mass is 127.